The van der Waals surface area contributed by atoms with Gasteiger partial charge in [0.1, 0.15) is 5.78 Å². The lowest BCUT2D eigenvalue weighted by Crippen LogP contribution is -1.86. The quantitative estimate of drug-likeness (QED) is 0.338. The summed E-state index contributed by atoms with van der Waals surface area (Å²) in [4.78, 5) is 10.5. The van der Waals surface area contributed by atoms with Crippen LogP contribution in [0.1, 0.15) is 26.2 Å². The summed E-state index contributed by atoms with van der Waals surface area (Å²) in [7, 11) is 0.246. The SMILES string of the molecule is C[SiH2]CCC=CCCC(C)=O. The second kappa shape index (κ2) is 7.73. The molecule has 2 heteroatoms. The number of carbonyl (C=O) groups is 1. The summed E-state index contributed by atoms with van der Waals surface area (Å²) in [6, 6.07) is 1.40. The van der Waals surface area contributed by atoms with E-state index in [1.165, 1.54) is 12.5 Å². The number of Topliss-reactive ketones (excluding diaryl/α,β-unsaturated/α-hetero) is 1. The third-order valence-corrected chi connectivity index (χ3v) is 2.67. The highest BCUT2D eigenvalue weighted by atomic mass is 28.2. The molecular weight excluding hydrogens is 152 g/mol. The van der Waals surface area contributed by atoms with Gasteiger partial charge in [-0.15, -0.1) is 0 Å². The van der Waals surface area contributed by atoms with E-state index in [-0.39, 0.29) is 9.52 Å². The van der Waals surface area contributed by atoms with Crippen LogP contribution in [0.2, 0.25) is 12.6 Å². The highest BCUT2D eigenvalue weighted by molar-refractivity contribution is 6.33. The monoisotopic (exact) mass is 170 g/mol. The first kappa shape index (κ1) is 10.6. The van der Waals surface area contributed by atoms with Crippen LogP contribution in [0.15, 0.2) is 12.2 Å². The van der Waals surface area contributed by atoms with E-state index in [1.807, 2.05) is 0 Å². The van der Waals surface area contributed by atoms with Gasteiger partial charge < -0.3 is 4.79 Å². The topological polar surface area (TPSA) is 17.1 Å². The molecule has 64 valence electrons. The van der Waals surface area contributed by atoms with Crippen molar-refractivity contribution in [1.82, 2.24) is 0 Å². The molecule has 0 aromatic heterocycles. The fraction of sp³-hybridized carbons (Fsp3) is 0.667. The number of allylic oxidation sites excluding steroid dienone is 2. The first-order valence-corrected chi connectivity index (χ1v) is 6.83. The van der Waals surface area contributed by atoms with Crippen LogP contribution < -0.4 is 0 Å². The van der Waals surface area contributed by atoms with Crippen LogP contribution in [0.25, 0.3) is 0 Å². The molecule has 0 fully saturated rings. The molecule has 0 aliphatic rings. The molecule has 0 unspecified atom stereocenters. The predicted octanol–water partition coefficient (Wildman–Crippen LogP) is 1.94. The average Bonchev–Trinajstić information content (AvgIpc) is 1.96. The van der Waals surface area contributed by atoms with E-state index in [2.05, 4.69) is 18.7 Å². The number of carbonyl (C=O) groups excluding carboxylic acids is 1. The largest absolute Gasteiger partial charge is 0.300 e. The van der Waals surface area contributed by atoms with Crippen molar-refractivity contribution < 1.29 is 4.79 Å². The second-order valence-electron chi connectivity index (χ2n) is 2.85. The van der Waals surface area contributed by atoms with Gasteiger partial charge in [0, 0.05) is 15.9 Å². The molecule has 0 N–H and O–H groups in total. The van der Waals surface area contributed by atoms with Gasteiger partial charge in [-0.1, -0.05) is 24.7 Å². The number of hydrogen-bond donors (Lipinski definition) is 0. The number of hydrogen-bond acceptors (Lipinski definition) is 1. The minimum absolute atomic E-state index is 0.246. The Hall–Kier alpha value is -0.373. The molecule has 0 rings (SSSR count). The molecule has 0 aliphatic carbocycles. The maximum Gasteiger partial charge on any atom is 0.130 e. The molecular formula is C9H18OSi. The fourth-order valence-electron chi connectivity index (χ4n) is 0.844. The molecule has 0 radical (unpaired) electrons. The third kappa shape index (κ3) is 9.63. The van der Waals surface area contributed by atoms with Crippen molar-refractivity contribution in [3.8, 4) is 0 Å². The zero-order valence-corrected chi connectivity index (χ0v) is 9.01. The predicted molar refractivity (Wildman–Crippen MR) is 52.9 cm³/mol. The first-order chi connectivity index (χ1) is 5.27. The van der Waals surface area contributed by atoms with Crippen LogP contribution in [0, 0.1) is 0 Å². The van der Waals surface area contributed by atoms with Gasteiger partial charge in [-0.2, -0.15) is 0 Å². The van der Waals surface area contributed by atoms with Crippen LogP contribution in [0.5, 0.6) is 0 Å². The second-order valence-corrected chi connectivity index (χ2v) is 4.56. The third-order valence-electron chi connectivity index (χ3n) is 1.55. The van der Waals surface area contributed by atoms with Gasteiger partial charge >= 0.3 is 0 Å². The molecule has 0 saturated heterocycles. The van der Waals surface area contributed by atoms with Crippen LogP contribution in [0.3, 0.4) is 0 Å². The van der Waals surface area contributed by atoms with E-state index in [0.29, 0.717) is 12.2 Å². The Bertz CT molecular complexity index is 130. The maximum absolute atomic E-state index is 10.5. The van der Waals surface area contributed by atoms with E-state index < -0.39 is 0 Å². The van der Waals surface area contributed by atoms with Crippen LogP contribution in [0.4, 0.5) is 0 Å². The summed E-state index contributed by atoms with van der Waals surface area (Å²) in [5.74, 6) is 0.291. The minimum atomic E-state index is 0.246. The Morgan fingerprint density at radius 2 is 2.00 bits per heavy atom. The number of rotatable bonds is 6. The van der Waals surface area contributed by atoms with Gasteiger partial charge in [-0.05, 0) is 19.8 Å². The van der Waals surface area contributed by atoms with Crippen LogP contribution in [-0.4, -0.2) is 15.3 Å². The highest BCUT2D eigenvalue weighted by Crippen LogP contribution is 1.95. The summed E-state index contributed by atoms with van der Waals surface area (Å²) in [5, 5.41) is 0. The van der Waals surface area contributed by atoms with E-state index in [4.69, 9.17) is 0 Å². The molecule has 0 heterocycles. The van der Waals surface area contributed by atoms with Crippen LogP contribution in [-0.2, 0) is 4.79 Å². The van der Waals surface area contributed by atoms with Crippen LogP contribution >= 0.6 is 0 Å². The Balaban J connectivity index is 3.10. The maximum atomic E-state index is 10.5. The molecule has 0 bridgehead atoms. The van der Waals surface area contributed by atoms with Gasteiger partial charge in [-0.3, -0.25) is 0 Å². The molecule has 11 heavy (non-hydrogen) atoms. The fourth-order valence-corrected chi connectivity index (χ4v) is 1.49. The lowest BCUT2D eigenvalue weighted by atomic mass is 10.2. The normalized spacial score (nSPS) is 11.8. The molecule has 0 saturated carbocycles. The van der Waals surface area contributed by atoms with E-state index in [1.54, 1.807) is 6.92 Å². The standard InChI is InChI=1S/C9H18OSi/c1-9(10)7-5-3-4-6-8-11-2/h3-4H,5-8,11H2,1-2H3. The van der Waals surface area contributed by atoms with Crippen molar-refractivity contribution in [3.05, 3.63) is 12.2 Å². The summed E-state index contributed by atoms with van der Waals surface area (Å²) in [6.07, 6.45) is 7.20. The first-order valence-electron chi connectivity index (χ1n) is 4.41. The molecule has 0 aromatic rings. The lowest BCUT2D eigenvalue weighted by Gasteiger charge is -1.89. The van der Waals surface area contributed by atoms with Gasteiger partial charge in [0.05, 0.1) is 0 Å². The Morgan fingerprint density at radius 1 is 1.36 bits per heavy atom. The van der Waals surface area contributed by atoms with Crippen molar-refractivity contribution in [3.63, 3.8) is 0 Å². The lowest BCUT2D eigenvalue weighted by molar-refractivity contribution is -0.116. The summed E-state index contributed by atoms with van der Waals surface area (Å²) in [6.45, 7) is 3.97. The molecule has 0 atom stereocenters. The minimum Gasteiger partial charge on any atom is -0.300 e. The van der Waals surface area contributed by atoms with Crippen molar-refractivity contribution in [1.29, 1.82) is 0 Å². The average molecular weight is 170 g/mol. The molecule has 0 spiro atoms. The van der Waals surface area contributed by atoms with E-state index in [0.717, 1.165) is 6.42 Å². The molecule has 0 aliphatic heterocycles. The van der Waals surface area contributed by atoms with Crippen molar-refractivity contribution in [2.75, 3.05) is 0 Å². The van der Waals surface area contributed by atoms with Gasteiger partial charge in [0.25, 0.3) is 0 Å². The van der Waals surface area contributed by atoms with Crippen molar-refractivity contribution in [2.24, 2.45) is 0 Å². The smallest absolute Gasteiger partial charge is 0.130 e. The van der Waals surface area contributed by atoms with E-state index >= 15 is 0 Å². The Kier molecular flexibility index (Phi) is 7.47. The zero-order valence-electron chi connectivity index (χ0n) is 7.60. The summed E-state index contributed by atoms with van der Waals surface area (Å²) < 4.78 is 0. The van der Waals surface area contributed by atoms with Gasteiger partial charge in [-0.25, -0.2) is 0 Å². The van der Waals surface area contributed by atoms with Gasteiger partial charge in [0.15, 0.2) is 0 Å². The Labute approximate surface area is 71.7 Å². The molecule has 0 aromatic carbocycles. The molecule has 0 amide bonds. The summed E-state index contributed by atoms with van der Waals surface area (Å²) in [5.41, 5.74) is 0. The zero-order chi connectivity index (χ0) is 8.53. The van der Waals surface area contributed by atoms with Crippen molar-refractivity contribution >= 4 is 15.3 Å². The Morgan fingerprint density at radius 3 is 2.55 bits per heavy atom. The van der Waals surface area contributed by atoms with E-state index in [9.17, 15) is 4.79 Å². The molecule has 1 nitrogen and oxygen atoms in total. The highest BCUT2D eigenvalue weighted by Gasteiger charge is 1.87. The van der Waals surface area contributed by atoms with Gasteiger partial charge in [0.2, 0.25) is 0 Å². The van der Waals surface area contributed by atoms with Crippen molar-refractivity contribution in [2.45, 2.75) is 38.8 Å². The summed E-state index contributed by atoms with van der Waals surface area (Å²) >= 11 is 0. The number of ketones is 1.